The van der Waals surface area contributed by atoms with Crippen molar-refractivity contribution in [1.82, 2.24) is 25.1 Å². The monoisotopic (exact) mass is 478 g/mol. The van der Waals surface area contributed by atoms with Gasteiger partial charge in [0, 0.05) is 45.1 Å². The van der Waals surface area contributed by atoms with E-state index in [1.54, 1.807) is 0 Å². The van der Waals surface area contributed by atoms with Crippen LogP contribution >= 0.6 is 24.0 Å². The van der Waals surface area contributed by atoms with E-state index in [9.17, 15) is 0 Å². The number of rotatable bonds is 9. The van der Waals surface area contributed by atoms with Crippen molar-refractivity contribution in [3.8, 4) is 0 Å². The quantitative estimate of drug-likeness (QED) is 0.246. The number of nitrogens with zero attached hydrogens (tertiary/aromatic N) is 4. The Morgan fingerprint density at radius 2 is 2.08 bits per heavy atom. The molecular weight excluding hydrogens is 443 g/mol. The molecule has 2 N–H and O–H groups in total. The number of guanidine groups is 1. The minimum Gasteiger partial charge on any atom is -0.379 e. The number of aliphatic imine (C=N–C) groups is 1. The van der Waals surface area contributed by atoms with E-state index in [2.05, 4.69) is 50.8 Å². The summed E-state index contributed by atoms with van der Waals surface area (Å²) in [6.07, 6.45) is 5.00. The first-order valence-electron chi connectivity index (χ1n) is 9.51. The zero-order chi connectivity index (χ0) is 17.9. The summed E-state index contributed by atoms with van der Waals surface area (Å²) in [7, 11) is 0. The third-order valence-corrected chi connectivity index (χ3v) is 4.13. The molecule has 0 unspecified atom stereocenters. The van der Waals surface area contributed by atoms with E-state index in [1.807, 2.05) is 12.4 Å². The standard InChI is InChI=1S/C18H34N6O.HI/c1-4-19-18(21-6-5-8-23-10-12-25-13-11-23)22-14-17-20-7-9-24(17)15-16(2)3;/h7,9,16H,4-6,8,10-15H2,1-3H3,(H2,19,21,22);1H. The Hall–Kier alpha value is -0.870. The van der Waals surface area contributed by atoms with Gasteiger partial charge in [-0.2, -0.15) is 0 Å². The lowest BCUT2D eigenvalue weighted by Crippen LogP contribution is -2.40. The van der Waals surface area contributed by atoms with Crippen molar-refractivity contribution in [2.75, 3.05) is 45.9 Å². The van der Waals surface area contributed by atoms with E-state index in [0.717, 1.165) is 70.7 Å². The minimum atomic E-state index is 0. The molecule has 0 amide bonds. The van der Waals surface area contributed by atoms with E-state index in [-0.39, 0.29) is 24.0 Å². The molecular formula is C18H35IN6O. The summed E-state index contributed by atoms with van der Waals surface area (Å²) in [4.78, 5) is 11.6. The highest BCUT2D eigenvalue weighted by Crippen LogP contribution is 2.05. The van der Waals surface area contributed by atoms with E-state index in [4.69, 9.17) is 4.74 Å². The van der Waals surface area contributed by atoms with Crippen molar-refractivity contribution in [2.24, 2.45) is 10.9 Å². The van der Waals surface area contributed by atoms with Gasteiger partial charge in [-0.15, -0.1) is 24.0 Å². The number of morpholine rings is 1. The topological polar surface area (TPSA) is 66.7 Å². The second kappa shape index (κ2) is 13.3. The summed E-state index contributed by atoms with van der Waals surface area (Å²) >= 11 is 0. The fourth-order valence-electron chi connectivity index (χ4n) is 2.88. The molecule has 1 saturated heterocycles. The van der Waals surface area contributed by atoms with Gasteiger partial charge in [-0.25, -0.2) is 9.98 Å². The lowest BCUT2D eigenvalue weighted by atomic mass is 10.2. The van der Waals surface area contributed by atoms with Gasteiger partial charge in [-0.05, 0) is 25.8 Å². The number of hydrogen-bond acceptors (Lipinski definition) is 4. The molecule has 7 nitrogen and oxygen atoms in total. The van der Waals surface area contributed by atoms with Crippen molar-refractivity contribution in [3.05, 3.63) is 18.2 Å². The first-order chi connectivity index (χ1) is 12.2. The van der Waals surface area contributed by atoms with Crippen LogP contribution in [0.1, 0.15) is 33.0 Å². The van der Waals surface area contributed by atoms with Gasteiger partial charge < -0.3 is 19.9 Å². The summed E-state index contributed by atoms with van der Waals surface area (Å²) in [6.45, 7) is 14.8. The molecule has 0 atom stereocenters. The highest BCUT2D eigenvalue weighted by atomic mass is 127. The largest absolute Gasteiger partial charge is 0.379 e. The van der Waals surface area contributed by atoms with Crippen LogP contribution in [0.5, 0.6) is 0 Å². The fraction of sp³-hybridized carbons (Fsp3) is 0.778. The molecule has 150 valence electrons. The second-order valence-electron chi connectivity index (χ2n) is 6.82. The van der Waals surface area contributed by atoms with E-state index in [0.29, 0.717) is 12.5 Å². The first kappa shape index (κ1) is 23.2. The van der Waals surface area contributed by atoms with Gasteiger partial charge >= 0.3 is 0 Å². The number of hydrogen-bond donors (Lipinski definition) is 2. The van der Waals surface area contributed by atoms with Crippen LogP contribution in [0.25, 0.3) is 0 Å². The van der Waals surface area contributed by atoms with Crippen molar-refractivity contribution < 1.29 is 4.74 Å². The van der Waals surface area contributed by atoms with Gasteiger partial charge in [0.25, 0.3) is 0 Å². The highest BCUT2D eigenvalue weighted by Gasteiger charge is 2.09. The van der Waals surface area contributed by atoms with Gasteiger partial charge in [0.05, 0.1) is 13.2 Å². The summed E-state index contributed by atoms with van der Waals surface area (Å²) in [5.74, 6) is 2.48. The molecule has 0 saturated carbocycles. The molecule has 0 spiro atoms. The van der Waals surface area contributed by atoms with Gasteiger partial charge in [0.2, 0.25) is 0 Å². The number of nitrogens with one attached hydrogen (secondary N) is 2. The Balaban J connectivity index is 0.00000338. The third kappa shape index (κ3) is 8.68. The Labute approximate surface area is 175 Å². The zero-order valence-corrected chi connectivity index (χ0v) is 18.7. The van der Waals surface area contributed by atoms with E-state index >= 15 is 0 Å². The Kier molecular flexibility index (Phi) is 11.9. The lowest BCUT2D eigenvalue weighted by Gasteiger charge is -2.26. The molecule has 1 aliphatic rings. The van der Waals surface area contributed by atoms with Crippen LogP contribution in [0.15, 0.2) is 17.4 Å². The zero-order valence-electron chi connectivity index (χ0n) is 16.4. The fourth-order valence-corrected chi connectivity index (χ4v) is 2.88. The smallest absolute Gasteiger partial charge is 0.191 e. The van der Waals surface area contributed by atoms with Crippen molar-refractivity contribution in [3.63, 3.8) is 0 Å². The molecule has 0 aromatic carbocycles. The Morgan fingerprint density at radius 1 is 1.31 bits per heavy atom. The number of imidazole rings is 1. The SMILES string of the molecule is CCNC(=NCc1nccn1CC(C)C)NCCCN1CCOCC1.I. The maximum atomic E-state index is 5.38. The predicted molar refractivity (Wildman–Crippen MR) is 117 cm³/mol. The van der Waals surface area contributed by atoms with Crippen LogP contribution in [0.3, 0.4) is 0 Å². The van der Waals surface area contributed by atoms with Gasteiger partial charge in [-0.3, -0.25) is 4.90 Å². The maximum Gasteiger partial charge on any atom is 0.191 e. The average Bonchev–Trinajstić information content (AvgIpc) is 3.03. The molecule has 1 aromatic heterocycles. The summed E-state index contributed by atoms with van der Waals surface area (Å²) in [5.41, 5.74) is 0. The van der Waals surface area contributed by atoms with Crippen molar-refractivity contribution in [1.29, 1.82) is 0 Å². The molecule has 0 bridgehead atoms. The van der Waals surface area contributed by atoms with Gasteiger partial charge in [-0.1, -0.05) is 13.8 Å². The lowest BCUT2D eigenvalue weighted by molar-refractivity contribution is 0.0376. The van der Waals surface area contributed by atoms with Gasteiger partial charge in [0.1, 0.15) is 12.4 Å². The van der Waals surface area contributed by atoms with Crippen LogP contribution in [0.4, 0.5) is 0 Å². The van der Waals surface area contributed by atoms with Crippen molar-refractivity contribution in [2.45, 2.75) is 40.3 Å². The molecule has 2 heterocycles. The van der Waals surface area contributed by atoms with Crippen LogP contribution < -0.4 is 10.6 Å². The first-order valence-corrected chi connectivity index (χ1v) is 9.51. The molecule has 1 aliphatic heterocycles. The molecule has 1 aromatic rings. The number of aromatic nitrogens is 2. The highest BCUT2D eigenvalue weighted by molar-refractivity contribution is 14.0. The molecule has 0 radical (unpaired) electrons. The normalized spacial score (nSPS) is 15.8. The molecule has 1 fully saturated rings. The Morgan fingerprint density at radius 3 is 2.77 bits per heavy atom. The maximum absolute atomic E-state index is 5.38. The summed E-state index contributed by atoms with van der Waals surface area (Å²) in [5, 5.41) is 6.74. The second-order valence-corrected chi connectivity index (χ2v) is 6.82. The van der Waals surface area contributed by atoms with Gasteiger partial charge in [0.15, 0.2) is 5.96 Å². The number of ether oxygens (including phenoxy) is 1. The molecule has 2 rings (SSSR count). The van der Waals surface area contributed by atoms with E-state index < -0.39 is 0 Å². The van der Waals surface area contributed by atoms with E-state index in [1.165, 1.54) is 0 Å². The third-order valence-electron chi connectivity index (χ3n) is 4.13. The molecule has 0 aliphatic carbocycles. The summed E-state index contributed by atoms with van der Waals surface area (Å²) in [6, 6.07) is 0. The molecule has 26 heavy (non-hydrogen) atoms. The van der Waals surface area contributed by atoms with Crippen LogP contribution in [0, 0.1) is 5.92 Å². The van der Waals surface area contributed by atoms with Crippen LogP contribution in [-0.2, 0) is 17.8 Å². The van der Waals surface area contributed by atoms with Crippen LogP contribution in [0.2, 0.25) is 0 Å². The average molecular weight is 478 g/mol. The number of halogens is 1. The van der Waals surface area contributed by atoms with Crippen LogP contribution in [-0.4, -0.2) is 66.3 Å². The minimum absolute atomic E-state index is 0. The predicted octanol–water partition coefficient (Wildman–Crippen LogP) is 1.93. The summed E-state index contributed by atoms with van der Waals surface area (Å²) < 4.78 is 7.57. The van der Waals surface area contributed by atoms with Crippen molar-refractivity contribution >= 4 is 29.9 Å². The Bertz CT molecular complexity index is 514. The molecule has 8 heteroatoms.